The van der Waals surface area contributed by atoms with Crippen LogP contribution in [0.5, 0.6) is 0 Å². The molecule has 0 aliphatic carbocycles. The summed E-state index contributed by atoms with van der Waals surface area (Å²) in [6.07, 6.45) is 2.62. The van der Waals surface area contributed by atoms with Crippen molar-refractivity contribution in [1.82, 2.24) is 9.88 Å². The molecule has 0 saturated carbocycles. The van der Waals surface area contributed by atoms with E-state index >= 15 is 0 Å². The van der Waals surface area contributed by atoms with Crippen LogP contribution in [0.3, 0.4) is 0 Å². The summed E-state index contributed by atoms with van der Waals surface area (Å²) in [5, 5.41) is 0. The summed E-state index contributed by atoms with van der Waals surface area (Å²) < 4.78 is 0. The Morgan fingerprint density at radius 2 is 2.06 bits per heavy atom. The van der Waals surface area contributed by atoms with Crippen molar-refractivity contribution in [2.24, 2.45) is 5.92 Å². The summed E-state index contributed by atoms with van der Waals surface area (Å²) in [4.78, 5) is 9.28. The number of likely N-dealkylation sites (tertiary alicyclic amines) is 1. The topological polar surface area (TPSA) is 19.4 Å². The van der Waals surface area contributed by atoms with Gasteiger partial charge in [-0.1, -0.05) is 6.07 Å². The fourth-order valence-electron chi connectivity index (χ4n) is 2.47. The molecule has 1 saturated heterocycles. The first-order valence-corrected chi connectivity index (χ1v) is 6.48. The minimum atomic E-state index is 0.818. The lowest BCUT2D eigenvalue weighted by Crippen LogP contribution is -2.36. The first-order chi connectivity index (χ1) is 8.15. The standard InChI is InChI=1S/C14H23N3/c1-12-5-4-6-14(15-12)17(3)11-13-7-9-16(2)10-8-13/h4-6,13H,7-11H2,1-3H3. The molecule has 2 rings (SSSR count). The summed E-state index contributed by atoms with van der Waals surface area (Å²) in [6, 6.07) is 6.23. The van der Waals surface area contributed by atoms with E-state index in [-0.39, 0.29) is 0 Å². The molecular weight excluding hydrogens is 210 g/mol. The predicted molar refractivity (Wildman–Crippen MR) is 72.5 cm³/mol. The number of nitrogens with zero attached hydrogens (tertiary/aromatic N) is 3. The summed E-state index contributed by atoms with van der Waals surface area (Å²) >= 11 is 0. The van der Waals surface area contributed by atoms with Gasteiger partial charge in [0.05, 0.1) is 0 Å². The van der Waals surface area contributed by atoms with Crippen LogP contribution in [-0.2, 0) is 0 Å². The van der Waals surface area contributed by atoms with Gasteiger partial charge in [0.15, 0.2) is 0 Å². The van der Waals surface area contributed by atoms with Crippen LogP contribution in [0.25, 0.3) is 0 Å². The lowest BCUT2D eigenvalue weighted by Gasteiger charge is -2.32. The minimum absolute atomic E-state index is 0.818. The molecule has 94 valence electrons. The Balaban J connectivity index is 1.90. The molecule has 1 aliphatic rings. The Morgan fingerprint density at radius 3 is 2.71 bits per heavy atom. The zero-order valence-electron chi connectivity index (χ0n) is 11.2. The molecule has 1 aromatic rings. The molecule has 1 fully saturated rings. The quantitative estimate of drug-likeness (QED) is 0.797. The van der Waals surface area contributed by atoms with Crippen molar-refractivity contribution in [2.75, 3.05) is 38.6 Å². The fraction of sp³-hybridized carbons (Fsp3) is 0.643. The number of aryl methyl sites for hydroxylation is 1. The third-order valence-corrected chi connectivity index (χ3v) is 3.63. The molecule has 0 N–H and O–H groups in total. The number of piperidine rings is 1. The molecule has 0 aromatic carbocycles. The maximum Gasteiger partial charge on any atom is 0.128 e. The molecule has 1 aromatic heterocycles. The molecule has 17 heavy (non-hydrogen) atoms. The highest BCUT2D eigenvalue weighted by molar-refractivity contribution is 5.38. The molecule has 0 spiro atoms. The van der Waals surface area contributed by atoms with E-state index in [1.54, 1.807) is 0 Å². The Hall–Kier alpha value is -1.09. The van der Waals surface area contributed by atoms with Crippen molar-refractivity contribution in [2.45, 2.75) is 19.8 Å². The van der Waals surface area contributed by atoms with E-state index in [9.17, 15) is 0 Å². The minimum Gasteiger partial charge on any atom is -0.359 e. The molecule has 0 radical (unpaired) electrons. The van der Waals surface area contributed by atoms with Crippen LogP contribution < -0.4 is 4.90 Å². The van der Waals surface area contributed by atoms with E-state index in [4.69, 9.17) is 0 Å². The van der Waals surface area contributed by atoms with Crippen molar-refractivity contribution < 1.29 is 0 Å². The van der Waals surface area contributed by atoms with E-state index in [0.717, 1.165) is 24.0 Å². The third kappa shape index (κ3) is 3.43. The van der Waals surface area contributed by atoms with Crippen LogP contribution in [0.1, 0.15) is 18.5 Å². The van der Waals surface area contributed by atoms with Gasteiger partial charge in [0, 0.05) is 19.3 Å². The van der Waals surface area contributed by atoms with Gasteiger partial charge in [-0.15, -0.1) is 0 Å². The number of aromatic nitrogens is 1. The predicted octanol–water partition coefficient (Wildman–Crippen LogP) is 2.17. The Morgan fingerprint density at radius 1 is 1.35 bits per heavy atom. The lowest BCUT2D eigenvalue weighted by molar-refractivity contribution is 0.222. The number of hydrogen-bond donors (Lipinski definition) is 0. The number of hydrogen-bond acceptors (Lipinski definition) is 3. The molecule has 1 aliphatic heterocycles. The highest BCUT2D eigenvalue weighted by Gasteiger charge is 2.18. The highest BCUT2D eigenvalue weighted by Crippen LogP contribution is 2.19. The second-order valence-electron chi connectivity index (χ2n) is 5.26. The number of anilines is 1. The van der Waals surface area contributed by atoms with Gasteiger partial charge in [0.1, 0.15) is 5.82 Å². The fourth-order valence-corrected chi connectivity index (χ4v) is 2.47. The molecular formula is C14H23N3. The average Bonchev–Trinajstić information content (AvgIpc) is 2.32. The molecule has 3 nitrogen and oxygen atoms in total. The van der Waals surface area contributed by atoms with E-state index < -0.39 is 0 Å². The van der Waals surface area contributed by atoms with Crippen LogP contribution in [0, 0.1) is 12.8 Å². The summed E-state index contributed by atoms with van der Waals surface area (Å²) in [5.41, 5.74) is 1.10. The molecule has 2 heterocycles. The zero-order chi connectivity index (χ0) is 12.3. The Labute approximate surface area is 104 Å². The Kier molecular flexibility index (Phi) is 4.00. The van der Waals surface area contributed by atoms with Gasteiger partial charge < -0.3 is 9.80 Å². The van der Waals surface area contributed by atoms with E-state index in [0.29, 0.717) is 0 Å². The zero-order valence-corrected chi connectivity index (χ0v) is 11.2. The van der Waals surface area contributed by atoms with Crippen molar-refractivity contribution in [3.63, 3.8) is 0 Å². The first kappa shape index (κ1) is 12.4. The third-order valence-electron chi connectivity index (χ3n) is 3.63. The van der Waals surface area contributed by atoms with Gasteiger partial charge in [-0.2, -0.15) is 0 Å². The van der Waals surface area contributed by atoms with Gasteiger partial charge in [0.25, 0.3) is 0 Å². The van der Waals surface area contributed by atoms with Crippen LogP contribution in [0.15, 0.2) is 18.2 Å². The van der Waals surface area contributed by atoms with Gasteiger partial charge in [-0.25, -0.2) is 4.98 Å². The van der Waals surface area contributed by atoms with Crippen molar-refractivity contribution in [3.8, 4) is 0 Å². The van der Waals surface area contributed by atoms with Crippen molar-refractivity contribution in [3.05, 3.63) is 23.9 Å². The second kappa shape index (κ2) is 5.50. The van der Waals surface area contributed by atoms with Gasteiger partial charge in [0.2, 0.25) is 0 Å². The smallest absolute Gasteiger partial charge is 0.128 e. The van der Waals surface area contributed by atoms with E-state index in [1.807, 2.05) is 13.0 Å². The normalized spacial score (nSPS) is 18.3. The van der Waals surface area contributed by atoms with E-state index in [2.05, 4.69) is 41.0 Å². The number of pyridine rings is 1. The molecule has 0 amide bonds. The van der Waals surface area contributed by atoms with Crippen LogP contribution >= 0.6 is 0 Å². The SMILES string of the molecule is Cc1cccc(N(C)CC2CCN(C)CC2)n1. The first-order valence-electron chi connectivity index (χ1n) is 6.48. The van der Waals surface area contributed by atoms with Gasteiger partial charge >= 0.3 is 0 Å². The lowest BCUT2D eigenvalue weighted by atomic mass is 9.97. The maximum absolute atomic E-state index is 4.57. The number of rotatable bonds is 3. The van der Waals surface area contributed by atoms with E-state index in [1.165, 1.54) is 25.9 Å². The summed E-state index contributed by atoms with van der Waals surface area (Å²) in [5.74, 6) is 1.92. The maximum atomic E-state index is 4.57. The Bertz CT molecular complexity index is 356. The van der Waals surface area contributed by atoms with Crippen LogP contribution in [-0.4, -0.2) is 43.6 Å². The molecule has 3 heteroatoms. The second-order valence-corrected chi connectivity index (χ2v) is 5.26. The highest BCUT2D eigenvalue weighted by atomic mass is 15.2. The largest absolute Gasteiger partial charge is 0.359 e. The van der Waals surface area contributed by atoms with Gasteiger partial charge in [-0.3, -0.25) is 0 Å². The summed E-state index contributed by atoms with van der Waals surface area (Å²) in [7, 11) is 4.36. The monoisotopic (exact) mass is 233 g/mol. The van der Waals surface area contributed by atoms with Crippen molar-refractivity contribution >= 4 is 5.82 Å². The van der Waals surface area contributed by atoms with Crippen molar-refractivity contribution in [1.29, 1.82) is 0 Å². The molecule has 0 unspecified atom stereocenters. The van der Waals surface area contributed by atoms with Crippen LogP contribution in [0.2, 0.25) is 0 Å². The molecule has 0 atom stereocenters. The molecule has 0 bridgehead atoms. The van der Waals surface area contributed by atoms with Crippen LogP contribution in [0.4, 0.5) is 5.82 Å². The summed E-state index contributed by atoms with van der Waals surface area (Å²) in [6.45, 7) is 5.65. The average molecular weight is 233 g/mol. The van der Waals surface area contributed by atoms with Gasteiger partial charge in [-0.05, 0) is 58.0 Å².